The van der Waals surface area contributed by atoms with E-state index in [1.165, 1.54) is 11.8 Å². The van der Waals surface area contributed by atoms with Crippen LogP contribution in [0.5, 0.6) is 0 Å². The minimum atomic E-state index is -3.56. The van der Waals surface area contributed by atoms with Crippen molar-refractivity contribution in [3.63, 3.8) is 0 Å². The predicted molar refractivity (Wildman–Crippen MR) is 109 cm³/mol. The number of sulfone groups is 1. The first-order valence-corrected chi connectivity index (χ1v) is 11.8. The molecule has 1 aliphatic rings. The molecule has 142 valence electrons. The molecule has 2 aromatic carbocycles. The third-order valence-corrected chi connectivity index (χ3v) is 7.89. The van der Waals surface area contributed by atoms with Crippen molar-refractivity contribution in [2.45, 2.75) is 32.6 Å². The van der Waals surface area contributed by atoms with E-state index in [2.05, 4.69) is 6.58 Å². The smallest absolute Gasteiger partial charge is 0.206 e. The van der Waals surface area contributed by atoms with Gasteiger partial charge in [0.15, 0.2) is 5.78 Å². The molecule has 0 amide bonds. The standard InChI is InChI=1S/C20H20O4S3/c1-14(2)20(21)13-26-17-5-9-19(10-6-17)27(22,23)18-7-3-16(4-8-18)25-12-15-11-24-15/h3-10,15H,1,11-13H2,2H3. The molecule has 1 aliphatic heterocycles. The Hall–Kier alpha value is -1.54. The minimum Gasteiger partial charge on any atom is -0.372 e. The zero-order valence-corrected chi connectivity index (χ0v) is 17.3. The molecule has 0 saturated carbocycles. The van der Waals surface area contributed by atoms with Crippen molar-refractivity contribution in [1.82, 2.24) is 0 Å². The Labute approximate surface area is 168 Å². The van der Waals surface area contributed by atoms with Crippen LogP contribution in [-0.4, -0.2) is 38.4 Å². The molecule has 1 atom stereocenters. The summed E-state index contributed by atoms with van der Waals surface area (Å²) in [5.41, 5.74) is 0.521. The molecule has 0 aromatic heterocycles. The molecule has 1 heterocycles. The highest BCUT2D eigenvalue weighted by Crippen LogP contribution is 2.28. The maximum Gasteiger partial charge on any atom is 0.206 e. The van der Waals surface area contributed by atoms with E-state index in [1.807, 2.05) is 12.1 Å². The van der Waals surface area contributed by atoms with Gasteiger partial charge in [0.25, 0.3) is 0 Å². The zero-order valence-electron chi connectivity index (χ0n) is 14.9. The molecule has 4 nitrogen and oxygen atoms in total. The van der Waals surface area contributed by atoms with E-state index in [1.54, 1.807) is 55.1 Å². The fourth-order valence-corrected chi connectivity index (χ4v) is 5.22. The molecule has 3 rings (SSSR count). The first kappa shape index (κ1) is 20.2. The van der Waals surface area contributed by atoms with Crippen LogP contribution in [0.15, 0.2) is 80.3 Å². The van der Waals surface area contributed by atoms with Crippen molar-refractivity contribution in [3.8, 4) is 0 Å². The molecule has 1 unspecified atom stereocenters. The number of Topliss-reactive ketones (excluding diaryl/α,β-unsaturated/α-hetero) is 1. The lowest BCUT2D eigenvalue weighted by Gasteiger charge is -2.07. The quantitative estimate of drug-likeness (QED) is 0.343. The summed E-state index contributed by atoms with van der Waals surface area (Å²) >= 11 is 3.03. The van der Waals surface area contributed by atoms with E-state index in [4.69, 9.17) is 4.74 Å². The lowest BCUT2D eigenvalue weighted by atomic mass is 10.2. The average molecular weight is 421 g/mol. The molecule has 0 bridgehead atoms. The second kappa shape index (κ2) is 8.65. The molecule has 27 heavy (non-hydrogen) atoms. The van der Waals surface area contributed by atoms with Gasteiger partial charge in [-0.3, -0.25) is 4.79 Å². The van der Waals surface area contributed by atoms with Crippen LogP contribution in [0.1, 0.15) is 6.92 Å². The Balaban J connectivity index is 1.66. The second-order valence-electron chi connectivity index (χ2n) is 6.20. The Bertz CT molecular complexity index is 928. The van der Waals surface area contributed by atoms with Crippen molar-refractivity contribution < 1.29 is 17.9 Å². The highest BCUT2D eigenvalue weighted by Gasteiger charge is 2.22. The molecular weight excluding hydrogens is 400 g/mol. The number of epoxide rings is 1. The average Bonchev–Trinajstić information content (AvgIpc) is 3.49. The molecular formula is C20H20O4S3. The molecule has 2 aromatic rings. The van der Waals surface area contributed by atoms with Gasteiger partial charge in [0.1, 0.15) is 0 Å². The second-order valence-corrected chi connectivity index (χ2v) is 10.3. The van der Waals surface area contributed by atoms with E-state index in [9.17, 15) is 13.2 Å². The van der Waals surface area contributed by atoms with Crippen molar-refractivity contribution in [2.75, 3.05) is 18.1 Å². The number of hydrogen-bond acceptors (Lipinski definition) is 6. The lowest BCUT2D eigenvalue weighted by Crippen LogP contribution is -2.03. The third kappa shape index (κ3) is 5.48. The van der Waals surface area contributed by atoms with Gasteiger partial charge >= 0.3 is 0 Å². The Morgan fingerprint density at radius 1 is 1.04 bits per heavy atom. The maximum absolute atomic E-state index is 12.8. The summed E-state index contributed by atoms with van der Waals surface area (Å²) in [6, 6.07) is 13.5. The Morgan fingerprint density at radius 2 is 1.52 bits per heavy atom. The predicted octanol–water partition coefficient (Wildman–Crippen LogP) is 4.25. The topological polar surface area (TPSA) is 63.7 Å². The Morgan fingerprint density at radius 3 is 1.96 bits per heavy atom. The molecule has 0 N–H and O–H groups in total. The molecule has 1 fully saturated rings. The van der Waals surface area contributed by atoms with Crippen LogP contribution in [0.3, 0.4) is 0 Å². The van der Waals surface area contributed by atoms with Gasteiger partial charge in [-0.2, -0.15) is 0 Å². The lowest BCUT2D eigenvalue weighted by molar-refractivity contribution is -0.113. The maximum atomic E-state index is 12.8. The van der Waals surface area contributed by atoms with E-state index >= 15 is 0 Å². The van der Waals surface area contributed by atoms with Gasteiger partial charge in [-0.05, 0) is 61.0 Å². The van der Waals surface area contributed by atoms with Gasteiger partial charge in [-0.15, -0.1) is 23.5 Å². The highest BCUT2D eigenvalue weighted by molar-refractivity contribution is 8.00. The summed E-state index contributed by atoms with van der Waals surface area (Å²) in [5.74, 6) is 1.17. The summed E-state index contributed by atoms with van der Waals surface area (Å²) in [6.45, 7) is 6.12. The van der Waals surface area contributed by atoms with Crippen LogP contribution in [0.25, 0.3) is 0 Å². The number of ether oxygens (including phenoxy) is 1. The molecule has 1 saturated heterocycles. The normalized spacial score (nSPS) is 16.1. The van der Waals surface area contributed by atoms with E-state index in [0.717, 1.165) is 22.2 Å². The minimum absolute atomic E-state index is 0.0112. The third-order valence-electron chi connectivity index (χ3n) is 3.95. The van der Waals surface area contributed by atoms with Gasteiger partial charge in [-0.1, -0.05) is 6.58 Å². The van der Waals surface area contributed by atoms with E-state index in [-0.39, 0.29) is 15.6 Å². The number of allylic oxidation sites excluding steroid dienone is 1. The van der Waals surface area contributed by atoms with Crippen LogP contribution in [0.2, 0.25) is 0 Å². The van der Waals surface area contributed by atoms with Gasteiger partial charge in [0.2, 0.25) is 9.84 Å². The number of ketones is 1. The summed E-state index contributed by atoms with van der Waals surface area (Å²) < 4.78 is 30.8. The van der Waals surface area contributed by atoms with E-state index in [0.29, 0.717) is 17.4 Å². The number of thioether (sulfide) groups is 2. The molecule has 0 aliphatic carbocycles. The summed E-state index contributed by atoms with van der Waals surface area (Å²) in [5, 5.41) is 0. The Kier molecular flexibility index (Phi) is 6.47. The fourth-order valence-electron chi connectivity index (χ4n) is 2.19. The van der Waals surface area contributed by atoms with Crippen LogP contribution >= 0.6 is 23.5 Å². The molecule has 7 heteroatoms. The van der Waals surface area contributed by atoms with Crippen LogP contribution in [0, 0.1) is 0 Å². The van der Waals surface area contributed by atoms with Crippen LogP contribution in [0.4, 0.5) is 0 Å². The van der Waals surface area contributed by atoms with Crippen molar-refractivity contribution in [1.29, 1.82) is 0 Å². The summed E-state index contributed by atoms with van der Waals surface area (Å²) in [7, 11) is -3.56. The SMILES string of the molecule is C=C(C)C(=O)CSc1ccc(S(=O)(=O)c2ccc(SCC3CO3)cc2)cc1. The first-order chi connectivity index (χ1) is 12.9. The van der Waals surface area contributed by atoms with E-state index < -0.39 is 9.84 Å². The van der Waals surface area contributed by atoms with Gasteiger partial charge in [0.05, 0.1) is 28.3 Å². The zero-order chi connectivity index (χ0) is 19.4. The number of rotatable bonds is 9. The monoisotopic (exact) mass is 420 g/mol. The van der Waals surface area contributed by atoms with Gasteiger partial charge < -0.3 is 4.74 Å². The first-order valence-electron chi connectivity index (χ1n) is 8.37. The van der Waals surface area contributed by atoms with Crippen molar-refractivity contribution >= 4 is 39.1 Å². The van der Waals surface area contributed by atoms with Gasteiger partial charge in [0, 0.05) is 15.5 Å². The summed E-state index contributed by atoms with van der Waals surface area (Å²) in [6.07, 6.45) is 0.334. The molecule has 0 radical (unpaired) electrons. The molecule has 0 spiro atoms. The van der Waals surface area contributed by atoms with Crippen LogP contribution in [-0.2, 0) is 19.4 Å². The number of hydrogen-bond donors (Lipinski definition) is 0. The van der Waals surface area contributed by atoms with Crippen molar-refractivity contribution in [3.05, 3.63) is 60.7 Å². The highest BCUT2D eigenvalue weighted by atomic mass is 32.2. The van der Waals surface area contributed by atoms with Crippen LogP contribution < -0.4 is 0 Å². The number of carbonyl (C=O) groups is 1. The largest absolute Gasteiger partial charge is 0.372 e. The van der Waals surface area contributed by atoms with Crippen molar-refractivity contribution in [2.24, 2.45) is 0 Å². The summed E-state index contributed by atoms with van der Waals surface area (Å²) in [4.78, 5) is 14.0. The van der Waals surface area contributed by atoms with Gasteiger partial charge in [-0.25, -0.2) is 8.42 Å². The number of carbonyl (C=O) groups excluding carboxylic acids is 1. The fraction of sp³-hybridized carbons (Fsp3) is 0.250. The number of benzene rings is 2.